The van der Waals surface area contributed by atoms with E-state index in [1.54, 1.807) is 6.07 Å². The minimum Gasteiger partial charge on any atom is -0.399 e. The van der Waals surface area contributed by atoms with Crippen LogP contribution in [-0.2, 0) is 10.0 Å². The van der Waals surface area contributed by atoms with Crippen molar-refractivity contribution in [2.24, 2.45) is 5.92 Å². The lowest BCUT2D eigenvalue weighted by Crippen LogP contribution is -2.44. The molecule has 0 aliphatic carbocycles. The van der Waals surface area contributed by atoms with Crippen LogP contribution in [0.1, 0.15) is 26.7 Å². The van der Waals surface area contributed by atoms with Gasteiger partial charge in [-0.25, -0.2) is 8.42 Å². The average Bonchev–Trinajstić information content (AvgIpc) is 2.31. The molecule has 0 radical (unpaired) electrons. The Kier molecular flexibility index (Phi) is 4.08. The quantitative estimate of drug-likeness (QED) is 0.854. The van der Waals surface area contributed by atoms with Crippen LogP contribution in [0.25, 0.3) is 0 Å². The average molecular weight is 303 g/mol. The highest BCUT2D eigenvalue weighted by Gasteiger charge is 2.34. The molecule has 0 amide bonds. The SMILES string of the molecule is CC1CCN(S(=O)(=O)c2cc(N)ccc2Cl)C(C)C1. The molecule has 2 rings (SSSR count). The van der Waals surface area contributed by atoms with Crippen LogP contribution in [0.4, 0.5) is 5.69 Å². The van der Waals surface area contributed by atoms with Crippen LogP contribution in [-0.4, -0.2) is 25.3 Å². The first-order chi connectivity index (χ1) is 8.82. The summed E-state index contributed by atoms with van der Waals surface area (Å²) < 4.78 is 26.9. The lowest BCUT2D eigenvalue weighted by Gasteiger charge is -2.35. The largest absolute Gasteiger partial charge is 0.399 e. The Labute approximate surface area is 119 Å². The molecule has 2 N–H and O–H groups in total. The van der Waals surface area contributed by atoms with E-state index in [1.807, 2.05) is 6.92 Å². The zero-order chi connectivity index (χ0) is 14.2. The number of hydrogen-bond acceptors (Lipinski definition) is 3. The smallest absolute Gasteiger partial charge is 0.244 e. The van der Waals surface area contributed by atoms with Gasteiger partial charge in [-0.15, -0.1) is 0 Å². The number of sulfonamides is 1. The summed E-state index contributed by atoms with van der Waals surface area (Å²) in [5.41, 5.74) is 6.07. The van der Waals surface area contributed by atoms with Crippen molar-refractivity contribution < 1.29 is 8.42 Å². The maximum absolute atomic E-state index is 12.7. The molecule has 1 aromatic rings. The fraction of sp³-hybridized carbons (Fsp3) is 0.538. The molecule has 106 valence electrons. The van der Waals surface area contributed by atoms with Crippen LogP contribution in [0.3, 0.4) is 0 Å². The van der Waals surface area contributed by atoms with Crippen LogP contribution < -0.4 is 5.73 Å². The van der Waals surface area contributed by atoms with Crippen molar-refractivity contribution in [3.63, 3.8) is 0 Å². The number of nitrogens with two attached hydrogens (primary N) is 1. The summed E-state index contributed by atoms with van der Waals surface area (Å²) in [6.07, 6.45) is 1.75. The Bertz CT molecular complexity index is 574. The van der Waals surface area contributed by atoms with Gasteiger partial charge < -0.3 is 5.73 Å². The highest BCUT2D eigenvalue weighted by Crippen LogP contribution is 2.32. The molecule has 2 atom stereocenters. The van der Waals surface area contributed by atoms with Gasteiger partial charge >= 0.3 is 0 Å². The monoisotopic (exact) mass is 302 g/mol. The standard InChI is InChI=1S/C13H19ClN2O2S/c1-9-5-6-16(10(2)7-9)19(17,18)13-8-11(15)3-4-12(13)14/h3-4,8-10H,5-7,15H2,1-2H3. The van der Waals surface area contributed by atoms with E-state index in [-0.39, 0.29) is 16.0 Å². The molecule has 0 aromatic heterocycles. The predicted octanol–water partition coefficient (Wildman–Crippen LogP) is 2.73. The number of hydrogen-bond donors (Lipinski definition) is 1. The summed E-state index contributed by atoms with van der Waals surface area (Å²) in [4.78, 5) is 0.107. The first-order valence-electron chi connectivity index (χ1n) is 6.39. The van der Waals surface area contributed by atoms with Crippen LogP contribution in [0.15, 0.2) is 23.1 Å². The van der Waals surface area contributed by atoms with Crippen molar-refractivity contribution in [3.8, 4) is 0 Å². The number of nitrogens with zero attached hydrogens (tertiary/aromatic N) is 1. The van der Waals surface area contributed by atoms with E-state index in [1.165, 1.54) is 16.4 Å². The Morgan fingerprint density at radius 1 is 1.37 bits per heavy atom. The van der Waals surface area contributed by atoms with Gasteiger partial charge in [-0.3, -0.25) is 0 Å². The minimum absolute atomic E-state index is 0.00810. The number of anilines is 1. The Balaban J connectivity index is 2.39. The molecule has 2 unspecified atom stereocenters. The van der Waals surface area contributed by atoms with Gasteiger partial charge in [-0.2, -0.15) is 4.31 Å². The third-order valence-corrected chi connectivity index (χ3v) is 6.11. The van der Waals surface area contributed by atoms with Crippen molar-refractivity contribution in [2.75, 3.05) is 12.3 Å². The Morgan fingerprint density at radius 2 is 2.05 bits per heavy atom. The van der Waals surface area contributed by atoms with Crippen molar-refractivity contribution in [2.45, 2.75) is 37.6 Å². The summed E-state index contributed by atoms with van der Waals surface area (Å²) in [6.45, 7) is 4.62. The van der Waals surface area contributed by atoms with Crippen LogP contribution in [0.5, 0.6) is 0 Å². The molecule has 0 bridgehead atoms. The zero-order valence-corrected chi connectivity index (χ0v) is 12.7. The molecule has 1 fully saturated rings. The fourth-order valence-corrected chi connectivity index (χ4v) is 4.75. The highest BCUT2D eigenvalue weighted by atomic mass is 35.5. The molecule has 1 heterocycles. The van der Waals surface area contributed by atoms with Crippen molar-refractivity contribution in [3.05, 3.63) is 23.2 Å². The summed E-state index contributed by atoms with van der Waals surface area (Å²) in [6, 6.07) is 4.55. The maximum atomic E-state index is 12.7. The highest BCUT2D eigenvalue weighted by molar-refractivity contribution is 7.89. The van der Waals surface area contributed by atoms with Gasteiger partial charge in [0, 0.05) is 18.3 Å². The van der Waals surface area contributed by atoms with E-state index < -0.39 is 10.0 Å². The molecule has 1 aromatic carbocycles. The molecule has 4 nitrogen and oxygen atoms in total. The van der Waals surface area contributed by atoms with Crippen LogP contribution >= 0.6 is 11.6 Å². The van der Waals surface area contributed by atoms with E-state index in [2.05, 4.69) is 6.92 Å². The second-order valence-electron chi connectivity index (χ2n) is 5.28. The van der Waals surface area contributed by atoms with Gasteiger partial charge in [0.15, 0.2) is 0 Å². The van der Waals surface area contributed by atoms with Crippen LogP contribution in [0.2, 0.25) is 5.02 Å². The topological polar surface area (TPSA) is 63.4 Å². The summed E-state index contributed by atoms with van der Waals surface area (Å²) >= 11 is 6.01. The lowest BCUT2D eigenvalue weighted by atomic mass is 9.95. The summed E-state index contributed by atoms with van der Waals surface area (Å²) in [5.74, 6) is 0.553. The van der Waals surface area contributed by atoms with Gasteiger partial charge in [0.1, 0.15) is 4.90 Å². The van der Waals surface area contributed by atoms with Gasteiger partial charge in [0.05, 0.1) is 5.02 Å². The molecule has 6 heteroatoms. The summed E-state index contributed by atoms with van der Waals surface area (Å²) in [7, 11) is -3.57. The van der Waals surface area contributed by atoms with E-state index >= 15 is 0 Å². The third kappa shape index (κ3) is 2.88. The maximum Gasteiger partial charge on any atom is 0.244 e. The van der Waals surface area contributed by atoms with E-state index in [9.17, 15) is 8.42 Å². The molecular formula is C13H19ClN2O2S. The van der Waals surface area contributed by atoms with E-state index in [0.717, 1.165) is 12.8 Å². The Morgan fingerprint density at radius 3 is 2.68 bits per heavy atom. The molecular weight excluding hydrogens is 284 g/mol. The summed E-state index contributed by atoms with van der Waals surface area (Å²) in [5, 5.41) is 0.222. The third-order valence-electron chi connectivity index (χ3n) is 3.62. The van der Waals surface area contributed by atoms with E-state index in [4.69, 9.17) is 17.3 Å². The second-order valence-corrected chi connectivity index (χ2v) is 7.55. The van der Waals surface area contributed by atoms with Gasteiger partial charge in [0.25, 0.3) is 0 Å². The predicted molar refractivity (Wildman–Crippen MR) is 77.6 cm³/mol. The number of rotatable bonds is 2. The number of nitrogen functional groups attached to an aromatic ring is 1. The number of halogens is 1. The molecule has 0 spiro atoms. The number of piperidine rings is 1. The molecule has 1 aliphatic rings. The van der Waals surface area contributed by atoms with Crippen molar-refractivity contribution >= 4 is 27.3 Å². The van der Waals surface area contributed by atoms with Crippen molar-refractivity contribution in [1.29, 1.82) is 0 Å². The lowest BCUT2D eigenvalue weighted by molar-refractivity contribution is 0.220. The normalized spacial score (nSPS) is 25.4. The minimum atomic E-state index is -3.57. The van der Waals surface area contributed by atoms with Crippen molar-refractivity contribution in [1.82, 2.24) is 4.31 Å². The Hall–Kier alpha value is -0.780. The van der Waals surface area contributed by atoms with Gasteiger partial charge in [-0.05, 0) is 43.9 Å². The molecule has 19 heavy (non-hydrogen) atoms. The molecule has 1 saturated heterocycles. The van der Waals surface area contributed by atoms with Crippen LogP contribution in [0, 0.1) is 5.92 Å². The van der Waals surface area contributed by atoms with Gasteiger partial charge in [0.2, 0.25) is 10.0 Å². The number of benzene rings is 1. The van der Waals surface area contributed by atoms with E-state index in [0.29, 0.717) is 18.2 Å². The first kappa shape index (κ1) is 14.6. The first-order valence-corrected chi connectivity index (χ1v) is 8.21. The zero-order valence-electron chi connectivity index (χ0n) is 11.1. The van der Waals surface area contributed by atoms with Gasteiger partial charge in [-0.1, -0.05) is 18.5 Å². The fourth-order valence-electron chi connectivity index (χ4n) is 2.59. The second kappa shape index (κ2) is 5.31. The molecule has 0 saturated carbocycles. The molecule has 1 aliphatic heterocycles.